The molecule has 3 aromatic carbocycles. The number of hydrogen-bond donors (Lipinski definition) is 2. The molecule has 0 aliphatic rings. The third kappa shape index (κ3) is 11.0. The molecule has 7 nitrogen and oxygen atoms in total. The predicted molar refractivity (Wildman–Crippen MR) is 145 cm³/mol. The number of benzene rings is 3. The fourth-order valence-electron chi connectivity index (χ4n) is 3.15. The molecule has 0 saturated heterocycles. The van der Waals surface area contributed by atoms with Gasteiger partial charge in [-0.3, -0.25) is 4.79 Å². The average Bonchev–Trinajstić information content (AvgIpc) is 2.97. The molecule has 0 spiro atoms. The van der Waals surface area contributed by atoms with Gasteiger partial charge >= 0.3 is 5.97 Å². The van der Waals surface area contributed by atoms with Crippen molar-refractivity contribution in [2.24, 2.45) is 0 Å². The Morgan fingerprint density at radius 3 is 2.05 bits per heavy atom. The number of esters is 1. The van der Waals surface area contributed by atoms with Gasteiger partial charge in [0.05, 0.1) is 30.7 Å². The molecule has 3 rings (SSSR count). The molecule has 1 unspecified atom stereocenters. The van der Waals surface area contributed by atoms with Gasteiger partial charge in [0.25, 0.3) is 0 Å². The number of ether oxygens (including phenoxy) is 3. The number of carbonyl (C=O) groups excluding carboxylic acids is 1. The smallest absolute Gasteiger partial charge is 0.307 e. The molecule has 0 aliphatic carbocycles. The summed E-state index contributed by atoms with van der Waals surface area (Å²) in [6.07, 6.45) is 0.0315. The number of carbonyl (C=O) groups is 1. The van der Waals surface area contributed by atoms with Crippen LogP contribution in [0.1, 0.15) is 49.8 Å². The molecule has 0 fully saturated rings. The summed E-state index contributed by atoms with van der Waals surface area (Å²) in [4.78, 5) is 11.7. The van der Waals surface area contributed by atoms with Gasteiger partial charge in [0.1, 0.15) is 24.7 Å². The van der Waals surface area contributed by atoms with Crippen molar-refractivity contribution in [2.45, 2.75) is 39.7 Å². The fourth-order valence-corrected chi connectivity index (χ4v) is 3.15. The van der Waals surface area contributed by atoms with E-state index >= 15 is 0 Å². The van der Waals surface area contributed by atoms with Crippen LogP contribution in [0.3, 0.4) is 0 Å². The zero-order chi connectivity index (χ0) is 27.5. The first-order valence-corrected chi connectivity index (χ1v) is 12.2. The summed E-state index contributed by atoms with van der Waals surface area (Å²) in [5, 5.41) is 24.5. The highest BCUT2D eigenvalue weighted by Gasteiger charge is 2.16. The molecule has 0 amide bonds. The molecule has 1 atom stereocenters. The highest BCUT2D eigenvalue weighted by atomic mass is 16.5. The lowest BCUT2D eigenvalue weighted by molar-refractivity contribution is -0.143. The summed E-state index contributed by atoms with van der Waals surface area (Å²) < 4.78 is 16.5. The Hall–Kier alpha value is -4.15. The molecule has 3 aromatic rings. The van der Waals surface area contributed by atoms with Gasteiger partial charge in [0.2, 0.25) is 0 Å². The first kappa shape index (κ1) is 30.9. The van der Waals surface area contributed by atoms with Crippen molar-refractivity contribution >= 4 is 11.7 Å². The van der Waals surface area contributed by atoms with E-state index in [0.717, 1.165) is 23.8 Å². The van der Waals surface area contributed by atoms with Gasteiger partial charge in [-0.2, -0.15) is 5.26 Å². The lowest BCUT2D eigenvalue weighted by atomic mass is 9.97. The van der Waals surface area contributed by atoms with E-state index in [2.05, 4.69) is 6.07 Å². The van der Waals surface area contributed by atoms with Crippen LogP contribution in [0.25, 0.3) is 0 Å². The molecule has 0 aliphatic heterocycles. The number of rotatable bonds is 11. The van der Waals surface area contributed by atoms with Gasteiger partial charge in [-0.05, 0) is 47.9 Å². The van der Waals surface area contributed by atoms with E-state index in [-0.39, 0.29) is 19.0 Å². The summed E-state index contributed by atoms with van der Waals surface area (Å²) in [7, 11) is 1.00. The molecular weight excluding hydrogens is 468 g/mol. The van der Waals surface area contributed by atoms with Gasteiger partial charge in [-0.25, -0.2) is 0 Å². The third-order valence-electron chi connectivity index (χ3n) is 4.95. The number of aliphatic hydroxyl groups excluding tert-OH is 1. The second kappa shape index (κ2) is 18.2. The van der Waals surface area contributed by atoms with Crippen molar-refractivity contribution in [1.29, 1.82) is 10.7 Å². The monoisotopic (exact) mass is 504 g/mol. The minimum absolute atomic E-state index is 0.0315. The Balaban J connectivity index is 0.00000163. The molecule has 37 heavy (non-hydrogen) atoms. The van der Waals surface area contributed by atoms with Crippen LogP contribution in [-0.4, -0.2) is 37.1 Å². The van der Waals surface area contributed by atoms with Crippen LogP contribution in [0.4, 0.5) is 0 Å². The number of nitrogens with zero attached hydrogens (tertiary/aromatic N) is 1. The highest BCUT2D eigenvalue weighted by molar-refractivity contribution is 5.99. The number of nitrogens with one attached hydrogen (secondary N) is 1. The minimum atomic E-state index is -0.547. The molecule has 0 radical (unpaired) electrons. The summed E-state index contributed by atoms with van der Waals surface area (Å²) in [6.45, 7) is 6.62. The first-order chi connectivity index (χ1) is 18.1. The zero-order valence-electron chi connectivity index (χ0n) is 21.9. The van der Waals surface area contributed by atoms with Crippen LogP contribution in [0.15, 0.2) is 78.9 Å². The van der Waals surface area contributed by atoms with E-state index in [1.807, 2.05) is 68.4 Å². The summed E-state index contributed by atoms with van der Waals surface area (Å²) in [6, 6.07) is 26.4. The molecule has 196 valence electrons. The van der Waals surface area contributed by atoms with Crippen LogP contribution >= 0.6 is 0 Å². The van der Waals surface area contributed by atoms with E-state index < -0.39 is 5.92 Å². The molecule has 2 N–H and O–H groups in total. The standard InChI is InChI=1S/C27H26N2O4.C2H6.CH4O/c1-2-31-27(30)16-23(17-28)21-10-14-25(15-11-21)32-18-20-8-12-24(13-9-20)33-19-26(29)22-6-4-3-5-7-22;2*1-2/h3-15,23,29H,2,16,18-19H2,1H3;1-2H3;2H,1H3. The molecule has 0 saturated carbocycles. The van der Waals surface area contributed by atoms with E-state index in [1.54, 1.807) is 31.2 Å². The Morgan fingerprint density at radius 1 is 0.919 bits per heavy atom. The molecular formula is C30H36N2O5. The number of nitriles is 1. The predicted octanol–water partition coefficient (Wildman–Crippen LogP) is 5.91. The summed E-state index contributed by atoms with van der Waals surface area (Å²) >= 11 is 0. The lowest BCUT2D eigenvalue weighted by Crippen LogP contribution is -2.11. The Kier molecular flexibility index (Phi) is 15.2. The lowest BCUT2D eigenvalue weighted by Gasteiger charge is -2.11. The van der Waals surface area contributed by atoms with Crippen molar-refractivity contribution in [3.8, 4) is 17.6 Å². The Morgan fingerprint density at radius 2 is 1.49 bits per heavy atom. The van der Waals surface area contributed by atoms with Crippen LogP contribution in [-0.2, 0) is 16.1 Å². The summed E-state index contributed by atoms with van der Waals surface area (Å²) in [5.74, 6) is 0.430. The molecule has 0 bridgehead atoms. The van der Waals surface area contributed by atoms with E-state index in [0.29, 0.717) is 30.4 Å². The molecule has 7 heteroatoms. The molecule has 0 aromatic heterocycles. The Bertz CT molecular complexity index is 1090. The van der Waals surface area contributed by atoms with E-state index in [9.17, 15) is 10.1 Å². The van der Waals surface area contributed by atoms with Gasteiger partial charge in [-0.1, -0.05) is 68.4 Å². The second-order valence-corrected chi connectivity index (χ2v) is 7.33. The SMILES string of the molecule is CC.CCOC(=O)CC(C#N)c1ccc(OCc2ccc(OCC(=N)c3ccccc3)cc2)cc1.CO. The van der Waals surface area contributed by atoms with Crippen molar-refractivity contribution in [3.63, 3.8) is 0 Å². The quantitative estimate of drug-likeness (QED) is 0.248. The number of aliphatic hydroxyl groups is 1. The first-order valence-electron chi connectivity index (χ1n) is 12.2. The zero-order valence-corrected chi connectivity index (χ0v) is 21.9. The maximum atomic E-state index is 11.7. The normalized spacial score (nSPS) is 10.3. The maximum Gasteiger partial charge on any atom is 0.307 e. The largest absolute Gasteiger partial charge is 0.489 e. The van der Waals surface area contributed by atoms with Crippen LogP contribution in [0.2, 0.25) is 0 Å². The average molecular weight is 505 g/mol. The van der Waals surface area contributed by atoms with Gasteiger partial charge in [0, 0.05) is 7.11 Å². The van der Waals surface area contributed by atoms with Crippen LogP contribution < -0.4 is 9.47 Å². The summed E-state index contributed by atoms with van der Waals surface area (Å²) in [5.41, 5.74) is 2.99. The van der Waals surface area contributed by atoms with Gasteiger partial charge < -0.3 is 24.7 Å². The van der Waals surface area contributed by atoms with Gasteiger partial charge in [-0.15, -0.1) is 0 Å². The third-order valence-corrected chi connectivity index (χ3v) is 4.95. The van der Waals surface area contributed by atoms with Crippen LogP contribution in [0, 0.1) is 16.7 Å². The second-order valence-electron chi connectivity index (χ2n) is 7.33. The van der Waals surface area contributed by atoms with Crippen molar-refractivity contribution in [3.05, 3.63) is 95.6 Å². The Labute approximate surface area is 219 Å². The topological polar surface area (TPSA) is 113 Å². The minimum Gasteiger partial charge on any atom is -0.489 e. The maximum absolute atomic E-state index is 11.7. The van der Waals surface area contributed by atoms with Crippen LogP contribution in [0.5, 0.6) is 11.5 Å². The van der Waals surface area contributed by atoms with Gasteiger partial charge in [0.15, 0.2) is 0 Å². The highest BCUT2D eigenvalue weighted by Crippen LogP contribution is 2.23. The number of hydrogen-bond acceptors (Lipinski definition) is 7. The van der Waals surface area contributed by atoms with E-state index in [1.165, 1.54) is 0 Å². The fraction of sp³-hybridized carbons (Fsp3) is 0.300. The van der Waals surface area contributed by atoms with Crippen molar-refractivity contribution in [1.82, 2.24) is 0 Å². The van der Waals surface area contributed by atoms with E-state index in [4.69, 9.17) is 24.7 Å². The van der Waals surface area contributed by atoms with Crippen molar-refractivity contribution < 1.29 is 24.1 Å². The van der Waals surface area contributed by atoms with Crippen molar-refractivity contribution in [2.75, 3.05) is 20.3 Å². The molecule has 0 heterocycles.